The second kappa shape index (κ2) is 5.09. The minimum absolute atomic E-state index is 0.0455. The van der Waals surface area contributed by atoms with Gasteiger partial charge >= 0.3 is 0 Å². The standard InChI is InChI=1S/C16H23N3O/c1-3-13-5-6-19(10-14(13)4-2)15-18-11-16(20-15)7-12(8-16)9-17/h3-4,12H,1-2,5-11,17H2. The van der Waals surface area contributed by atoms with Crippen molar-refractivity contribution in [1.82, 2.24) is 4.90 Å². The van der Waals surface area contributed by atoms with E-state index < -0.39 is 0 Å². The highest BCUT2D eigenvalue weighted by Crippen LogP contribution is 2.43. The molecule has 0 radical (unpaired) electrons. The maximum atomic E-state index is 6.16. The Labute approximate surface area is 120 Å². The Balaban J connectivity index is 1.64. The Morgan fingerprint density at radius 3 is 2.75 bits per heavy atom. The lowest BCUT2D eigenvalue weighted by atomic mass is 9.71. The molecule has 4 heteroatoms. The molecule has 0 aromatic heterocycles. The van der Waals surface area contributed by atoms with E-state index in [1.54, 1.807) is 0 Å². The first-order valence-corrected chi connectivity index (χ1v) is 7.35. The molecule has 2 N–H and O–H groups in total. The van der Waals surface area contributed by atoms with Crippen LogP contribution in [0.15, 0.2) is 41.4 Å². The summed E-state index contributed by atoms with van der Waals surface area (Å²) < 4.78 is 6.16. The molecule has 0 unspecified atom stereocenters. The van der Waals surface area contributed by atoms with Crippen LogP contribution in [0.2, 0.25) is 0 Å². The van der Waals surface area contributed by atoms with E-state index >= 15 is 0 Å². The molecule has 0 bridgehead atoms. The zero-order valence-electron chi connectivity index (χ0n) is 12.0. The fraction of sp³-hybridized carbons (Fsp3) is 0.562. The highest BCUT2D eigenvalue weighted by atomic mass is 16.5. The van der Waals surface area contributed by atoms with E-state index in [1.807, 2.05) is 12.2 Å². The van der Waals surface area contributed by atoms with Crippen LogP contribution < -0.4 is 5.73 Å². The van der Waals surface area contributed by atoms with Crippen molar-refractivity contribution in [3.8, 4) is 0 Å². The predicted octanol–water partition coefficient (Wildman–Crippen LogP) is 1.85. The Hall–Kier alpha value is -1.55. The third-order valence-electron chi connectivity index (χ3n) is 4.65. The number of allylic oxidation sites excluding steroid dienone is 1. The molecule has 0 aromatic rings. The van der Waals surface area contributed by atoms with Crippen LogP contribution >= 0.6 is 0 Å². The van der Waals surface area contributed by atoms with E-state index in [9.17, 15) is 0 Å². The molecule has 20 heavy (non-hydrogen) atoms. The number of amidine groups is 1. The molecule has 1 spiro atoms. The van der Waals surface area contributed by atoms with Crippen LogP contribution in [-0.4, -0.2) is 42.7 Å². The van der Waals surface area contributed by atoms with Crippen molar-refractivity contribution in [3.05, 3.63) is 36.5 Å². The minimum Gasteiger partial charge on any atom is -0.457 e. The number of ether oxygens (including phenoxy) is 1. The Bertz CT molecular complexity index is 486. The van der Waals surface area contributed by atoms with Crippen molar-refractivity contribution in [1.29, 1.82) is 0 Å². The Kier molecular flexibility index (Phi) is 3.42. The van der Waals surface area contributed by atoms with E-state index in [0.717, 1.165) is 51.5 Å². The van der Waals surface area contributed by atoms with Crippen LogP contribution in [0.4, 0.5) is 0 Å². The van der Waals surface area contributed by atoms with Gasteiger partial charge in [-0.2, -0.15) is 0 Å². The van der Waals surface area contributed by atoms with Crippen LogP contribution in [0.1, 0.15) is 19.3 Å². The molecule has 2 heterocycles. The number of hydrogen-bond acceptors (Lipinski definition) is 4. The number of hydrogen-bond donors (Lipinski definition) is 1. The molecule has 3 rings (SSSR count). The zero-order chi connectivity index (χ0) is 14.2. The summed E-state index contributed by atoms with van der Waals surface area (Å²) in [6, 6.07) is 0.808. The quantitative estimate of drug-likeness (QED) is 0.854. The van der Waals surface area contributed by atoms with Gasteiger partial charge in [0.15, 0.2) is 0 Å². The van der Waals surface area contributed by atoms with E-state index in [2.05, 4.69) is 23.1 Å². The molecule has 0 atom stereocenters. The molecule has 0 aromatic carbocycles. The molecule has 1 saturated carbocycles. The molecule has 2 aliphatic heterocycles. The largest absolute Gasteiger partial charge is 0.457 e. The number of rotatable bonds is 3. The van der Waals surface area contributed by atoms with E-state index in [-0.39, 0.29) is 5.60 Å². The molecule has 1 aliphatic carbocycles. The molecule has 0 saturated heterocycles. The third kappa shape index (κ3) is 2.18. The normalized spacial score (nSPS) is 32.8. The van der Waals surface area contributed by atoms with Crippen molar-refractivity contribution in [2.75, 3.05) is 26.2 Å². The van der Waals surface area contributed by atoms with Gasteiger partial charge in [0.2, 0.25) is 0 Å². The summed E-state index contributed by atoms with van der Waals surface area (Å²) in [5, 5.41) is 0. The van der Waals surface area contributed by atoms with Crippen molar-refractivity contribution < 1.29 is 4.74 Å². The van der Waals surface area contributed by atoms with E-state index in [4.69, 9.17) is 10.5 Å². The second-order valence-corrected chi connectivity index (χ2v) is 6.02. The second-order valence-electron chi connectivity index (χ2n) is 6.02. The van der Waals surface area contributed by atoms with Gasteiger partial charge in [-0.25, -0.2) is 4.99 Å². The topological polar surface area (TPSA) is 50.8 Å². The average molecular weight is 273 g/mol. The van der Waals surface area contributed by atoms with Gasteiger partial charge in [-0.3, -0.25) is 0 Å². The summed E-state index contributed by atoms with van der Waals surface area (Å²) in [5.74, 6) is 0.613. The van der Waals surface area contributed by atoms with Gasteiger partial charge in [0, 0.05) is 13.1 Å². The van der Waals surface area contributed by atoms with E-state index in [1.165, 1.54) is 11.1 Å². The van der Waals surface area contributed by atoms with Gasteiger partial charge in [-0.1, -0.05) is 25.3 Å². The molecule has 3 aliphatic rings. The van der Waals surface area contributed by atoms with Crippen molar-refractivity contribution in [3.63, 3.8) is 0 Å². The predicted molar refractivity (Wildman–Crippen MR) is 81.5 cm³/mol. The fourth-order valence-corrected chi connectivity index (χ4v) is 3.40. The van der Waals surface area contributed by atoms with Gasteiger partial charge in [0.1, 0.15) is 5.60 Å². The monoisotopic (exact) mass is 273 g/mol. The number of nitrogens with two attached hydrogens (primary N) is 1. The van der Waals surface area contributed by atoms with Crippen LogP contribution in [0.5, 0.6) is 0 Å². The molecule has 1 fully saturated rings. The number of aliphatic imine (C=N–C) groups is 1. The number of nitrogens with zero attached hydrogens (tertiary/aromatic N) is 2. The summed E-state index contributed by atoms with van der Waals surface area (Å²) in [6.45, 7) is 11.1. The molecular formula is C16H23N3O. The van der Waals surface area contributed by atoms with Gasteiger partial charge in [-0.05, 0) is 42.9 Å². The van der Waals surface area contributed by atoms with Crippen LogP contribution in [0.3, 0.4) is 0 Å². The van der Waals surface area contributed by atoms with Crippen LogP contribution in [0, 0.1) is 5.92 Å². The van der Waals surface area contributed by atoms with Crippen LogP contribution in [0.25, 0.3) is 0 Å². The first-order valence-electron chi connectivity index (χ1n) is 7.35. The third-order valence-corrected chi connectivity index (χ3v) is 4.65. The van der Waals surface area contributed by atoms with Crippen molar-refractivity contribution in [2.24, 2.45) is 16.6 Å². The van der Waals surface area contributed by atoms with Crippen molar-refractivity contribution >= 4 is 6.02 Å². The SMILES string of the molecule is C=CC1=C(C=C)CN(C2=NCC3(CC(CN)C3)O2)CC1. The van der Waals surface area contributed by atoms with E-state index in [0.29, 0.717) is 5.92 Å². The van der Waals surface area contributed by atoms with Crippen LogP contribution in [-0.2, 0) is 4.74 Å². The average Bonchev–Trinajstić information content (AvgIpc) is 2.90. The highest BCUT2D eigenvalue weighted by Gasteiger charge is 2.50. The van der Waals surface area contributed by atoms with Crippen molar-refractivity contribution in [2.45, 2.75) is 24.9 Å². The Morgan fingerprint density at radius 1 is 1.35 bits per heavy atom. The van der Waals surface area contributed by atoms with Gasteiger partial charge in [0.25, 0.3) is 6.02 Å². The van der Waals surface area contributed by atoms with Gasteiger partial charge in [0.05, 0.1) is 6.54 Å². The highest BCUT2D eigenvalue weighted by molar-refractivity contribution is 5.77. The van der Waals surface area contributed by atoms with Gasteiger partial charge < -0.3 is 15.4 Å². The maximum Gasteiger partial charge on any atom is 0.288 e. The zero-order valence-corrected chi connectivity index (χ0v) is 12.0. The molecule has 0 amide bonds. The Morgan fingerprint density at radius 2 is 2.10 bits per heavy atom. The molecule has 4 nitrogen and oxygen atoms in total. The summed E-state index contributed by atoms with van der Waals surface area (Å²) in [6.07, 6.45) is 6.93. The minimum atomic E-state index is -0.0455. The lowest BCUT2D eigenvalue weighted by molar-refractivity contribution is -0.0419. The smallest absolute Gasteiger partial charge is 0.288 e. The lowest BCUT2D eigenvalue weighted by Crippen LogP contribution is -2.50. The first kappa shape index (κ1) is 13.4. The molecule has 108 valence electrons. The summed E-state index contributed by atoms with van der Waals surface area (Å²) >= 11 is 0. The summed E-state index contributed by atoms with van der Waals surface area (Å²) in [7, 11) is 0. The van der Waals surface area contributed by atoms with Gasteiger partial charge in [-0.15, -0.1) is 0 Å². The lowest BCUT2D eigenvalue weighted by Gasteiger charge is -2.44. The first-order chi connectivity index (χ1) is 9.69. The summed E-state index contributed by atoms with van der Waals surface area (Å²) in [4.78, 5) is 6.84. The maximum absolute atomic E-state index is 6.16. The molecular weight excluding hydrogens is 250 g/mol. The fourth-order valence-electron chi connectivity index (χ4n) is 3.40. The summed E-state index contributed by atoms with van der Waals surface area (Å²) in [5.41, 5.74) is 8.17.